The van der Waals surface area contributed by atoms with Gasteiger partial charge >= 0.3 is 0 Å². The Morgan fingerprint density at radius 1 is 1.20 bits per heavy atom. The van der Waals surface area contributed by atoms with E-state index in [1.165, 1.54) is 0 Å². The highest BCUT2D eigenvalue weighted by Gasteiger charge is 2.40. The van der Waals surface area contributed by atoms with Crippen LogP contribution in [0.15, 0.2) is 18.2 Å². The number of benzene rings is 1. The van der Waals surface area contributed by atoms with Gasteiger partial charge in [-0.1, -0.05) is 11.6 Å². The van der Waals surface area contributed by atoms with Crippen molar-refractivity contribution in [2.24, 2.45) is 0 Å². The quantitative estimate of drug-likeness (QED) is 0.896. The lowest BCUT2D eigenvalue weighted by atomic mass is 9.95. The van der Waals surface area contributed by atoms with Crippen LogP contribution in [0.5, 0.6) is 5.75 Å². The summed E-state index contributed by atoms with van der Waals surface area (Å²) in [4.78, 5) is 2.34. The number of nitrogens with zero attached hydrogens (tertiary/aromatic N) is 1. The molecular formula is C16H24ClNO2. The molecule has 1 N–H and O–H groups in total. The van der Waals surface area contributed by atoms with E-state index < -0.39 is 0 Å². The molecule has 0 spiro atoms. The van der Waals surface area contributed by atoms with Gasteiger partial charge in [0.05, 0.1) is 11.2 Å². The molecule has 2 rings (SSSR count). The molecule has 0 bridgehead atoms. The van der Waals surface area contributed by atoms with Crippen LogP contribution in [0.2, 0.25) is 5.02 Å². The molecule has 1 heterocycles. The molecule has 1 fully saturated rings. The Balaban J connectivity index is 2.28. The molecule has 0 radical (unpaired) electrons. The van der Waals surface area contributed by atoms with Gasteiger partial charge in [0.15, 0.2) is 0 Å². The Hall–Kier alpha value is -0.770. The van der Waals surface area contributed by atoms with Crippen molar-refractivity contribution in [1.29, 1.82) is 0 Å². The molecule has 0 saturated carbocycles. The highest BCUT2D eigenvalue weighted by atomic mass is 35.5. The van der Waals surface area contributed by atoms with E-state index in [1.54, 1.807) is 12.1 Å². The maximum absolute atomic E-state index is 10.1. The Morgan fingerprint density at radius 2 is 1.75 bits per heavy atom. The van der Waals surface area contributed by atoms with Crippen molar-refractivity contribution in [3.05, 3.63) is 28.8 Å². The molecule has 0 aliphatic carbocycles. The average molecular weight is 298 g/mol. The molecule has 0 aromatic heterocycles. The van der Waals surface area contributed by atoms with Crippen molar-refractivity contribution in [3.8, 4) is 5.75 Å². The first-order valence-corrected chi connectivity index (χ1v) is 7.40. The van der Waals surface area contributed by atoms with E-state index >= 15 is 0 Å². The minimum Gasteiger partial charge on any atom is -0.508 e. The Kier molecular flexibility index (Phi) is 4.07. The lowest BCUT2D eigenvalue weighted by Gasteiger charge is -2.49. The topological polar surface area (TPSA) is 32.7 Å². The predicted octanol–water partition coefficient (Wildman–Crippen LogP) is 4.00. The second-order valence-electron chi connectivity index (χ2n) is 6.91. The second kappa shape index (κ2) is 5.21. The molecule has 112 valence electrons. The zero-order chi connectivity index (χ0) is 15.1. The molecule has 4 heteroatoms. The van der Waals surface area contributed by atoms with Crippen LogP contribution in [-0.2, 0) is 4.74 Å². The maximum atomic E-state index is 10.1. The summed E-state index contributed by atoms with van der Waals surface area (Å²) in [5.74, 6) is 0.295. The van der Waals surface area contributed by atoms with E-state index in [-0.39, 0.29) is 17.2 Å². The standard InChI is InChI=1S/C16H24ClNO2/c1-11(13-8-12(17)6-7-14(13)19)18-9-15(2,3)20-16(4,5)10-18/h6-8,11,19H,9-10H2,1-5H3. The number of phenolic OH excluding ortho intramolecular Hbond substituents is 1. The van der Waals surface area contributed by atoms with E-state index in [4.69, 9.17) is 16.3 Å². The Labute approximate surface area is 126 Å². The lowest BCUT2D eigenvalue weighted by Crippen LogP contribution is -2.57. The third-order valence-corrected chi connectivity index (χ3v) is 3.94. The second-order valence-corrected chi connectivity index (χ2v) is 7.34. The molecule has 20 heavy (non-hydrogen) atoms. The number of hydrogen-bond donors (Lipinski definition) is 1. The number of hydrogen-bond acceptors (Lipinski definition) is 3. The van der Waals surface area contributed by atoms with Crippen LogP contribution in [0.3, 0.4) is 0 Å². The first-order valence-electron chi connectivity index (χ1n) is 7.02. The van der Waals surface area contributed by atoms with Gasteiger partial charge in [-0.2, -0.15) is 0 Å². The SMILES string of the molecule is CC(c1cc(Cl)ccc1O)N1CC(C)(C)OC(C)(C)C1. The van der Waals surface area contributed by atoms with E-state index in [0.717, 1.165) is 18.7 Å². The minimum atomic E-state index is -0.204. The van der Waals surface area contributed by atoms with E-state index in [1.807, 2.05) is 6.07 Å². The molecule has 3 nitrogen and oxygen atoms in total. The molecule has 1 unspecified atom stereocenters. The van der Waals surface area contributed by atoms with Crippen LogP contribution in [0, 0.1) is 0 Å². The van der Waals surface area contributed by atoms with Crippen molar-refractivity contribution in [1.82, 2.24) is 4.90 Å². The summed E-state index contributed by atoms with van der Waals surface area (Å²) in [6, 6.07) is 5.30. The van der Waals surface area contributed by atoms with Crippen LogP contribution in [0.4, 0.5) is 0 Å². The van der Waals surface area contributed by atoms with Gasteiger partial charge in [0.25, 0.3) is 0 Å². The Morgan fingerprint density at radius 3 is 2.30 bits per heavy atom. The number of phenols is 1. The first kappa shape index (κ1) is 15.6. The van der Waals surface area contributed by atoms with Crippen LogP contribution in [-0.4, -0.2) is 34.3 Å². The third kappa shape index (κ3) is 3.46. The predicted molar refractivity (Wildman–Crippen MR) is 82.3 cm³/mol. The number of morpholine rings is 1. The number of ether oxygens (including phenoxy) is 1. The van der Waals surface area contributed by atoms with Crippen LogP contribution >= 0.6 is 11.6 Å². The smallest absolute Gasteiger partial charge is 0.120 e. The zero-order valence-electron chi connectivity index (χ0n) is 12.9. The van der Waals surface area contributed by atoms with Crippen molar-refractivity contribution < 1.29 is 9.84 Å². The summed E-state index contributed by atoms with van der Waals surface area (Å²) in [7, 11) is 0. The molecule has 0 amide bonds. The fourth-order valence-corrected chi connectivity index (χ4v) is 3.36. The highest BCUT2D eigenvalue weighted by molar-refractivity contribution is 6.30. The van der Waals surface area contributed by atoms with Crippen molar-refractivity contribution in [2.75, 3.05) is 13.1 Å². The molecular weight excluding hydrogens is 274 g/mol. The van der Waals surface area contributed by atoms with E-state index in [0.29, 0.717) is 10.8 Å². The molecule has 1 aromatic rings. The van der Waals surface area contributed by atoms with Crippen molar-refractivity contribution in [2.45, 2.75) is 51.9 Å². The number of aromatic hydroxyl groups is 1. The van der Waals surface area contributed by atoms with Gasteiger partial charge in [0, 0.05) is 29.7 Å². The maximum Gasteiger partial charge on any atom is 0.120 e. The number of halogens is 1. The van der Waals surface area contributed by atoms with Crippen molar-refractivity contribution in [3.63, 3.8) is 0 Å². The fourth-order valence-electron chi connectivity index (χ4n) is 3.18. The van der Waals surface area contributed by atoms with E-state index in [9.17, 15) is 5.11 Å². The van der Waals surface area contributed by atoms with Crippen LogP contribution in [0.1, 0.15) is 46.2 Å². The monoisotopic (exact) mass is 297 g/mol. The van der Waals surface area contributed by atoms with Gasteiger partial charge in [-0.25, -0.2) is 0 Å². The summed E-state index contributed by atoms with van der Waals surface area (Å²) in [6.07, 6.45) is 0. The highest BCUT2D eigenvalue weighted by Crippen LogP contribution is 2.36. The normalized spacial score (nSPS) is 23.5. The summed E-state index contributed by atoms with van der Waals surface area (Å²) in [5, 5.41) is 10.7. The summed E-state index contributed by atoms with van der Waals surface area (Å²) >= 11 is 6.06. The Bertz CT molecular complexity index is 483. The van der Waals surface area contributed by atoms with Crippen LogP contribution in [0.25, 0.3) is 0 Å². The van der Waals surface area contributed by atoms with Gasteiger partial charge in [0.1, 0.15) is 5.75 Å². The molecule has 1 aliphatic heterocycles. The lowest BCUT2D eigenvalue weighted by molar-refractivity contribution is -0.187. The molecule has 1 atom stereocenters. The van der Waals surface area contributed by atoms with Gasteiger partial charge in [-0.15, -0.1) is 0 Å². The largest absolute Gasteiger partial charge is 0.508 e. The average Bonchev–Trinajstić information content (AvgIpc) is 2.27. The number of rotatable bonds is 2. The van der Waals surface area contributed by atoms with Gasteiger partial charge in [0.2, 0.25) is 0 Å². The fraction of sp³-hybridized carbons (Fsp3) is 0.625. The summed E-state index contributed by atoms with van der Waals surface area (Å²) in [5.41, 5.74) is 0.458. The first-order chi connectivity index (χ1) is 9.10. The molecule has 1 aromatic carbocycles. The van der Waals surface area contributed by atoms with Crippen molar-refractivity contribution >= 4 is 11.6 Å². The van der Waals surface area contributed by atoms with Crippen LogP contribution < -0.4 is 0 Å². The minimum absolute atomic E-state index is 0.0937. The summed E-state index contributed by atoms with van der Waals surface area (Å²) in [6.45, 7) is 12.2. The van der Waals surface area contributed by atoms with Gasteiger partial charge < -0.3 is 9.84 Å². The van der Waals surface area contributed by atoms with Gasteiger partial charge in [-0.3, -0.25) is 4.90 Å². The van der Waals surface area contributed by atoms with E-state index in [2.05, 4.69) is 39.5 Å². The van der Waals surface area contributed by atoms with Gasteiger partial charge in [-0.05, 0) is 52.8 Å². The third-order valence-electron chi connectivity index (χ3n) is 3.71. The molecule has 1 aliphatic rings. The zero-order valence-corrected chi connectivity index (χ0v) is 13.7. The molecule has 1 saturated heterocycles. The summed E-state index contributed by atoms with van der Waals surface area (Å²) < 4.78 is 6.10.